The third kappa shape index (κ3) is 9.39. The predicted molar refractivity (Wildman–Crippen MR) is 99.9 cm³/mol. The van der Waals surface area contributed by atoms with Crippen molar-refractivity contribution in [1.29, 1.82) is 0 Å². The molecule has 0 spiro atoms. The van der Waals surface area contributed by atoms with Gasteiger partial charge in [-0.05, 0) is 39.5 Å². The molecule has 1 fully saturated rings. The number of piperidine rings is 1. The van der Waals surface area contributed by atoms with Crippen molar-refractivity contribution >= 4 is 34.2 Å². The molecule has 0 bridgehead atoms. The molecule has 1 aliphatic rings. The molecule has 1 rings (SSSR count). The Kier molecular flexibility index (Phi) is 10.6. The Bertz CT molecular complexity index is 540. The van der Waals surface area contributed by atoms with Gasteiger partial charge in [0.05, 0.1) is 12.3 Å². The summed E-state index contributed by atoms with van der Waals surface area (Å²) in [6.45, 7) is 6.42. The van der Waals surface area contributed by atoms with Crippen LogP contribution in [0.5, 0.6) is 0 Å². The van der Waals surface area contributed by atoms with Crippen molar-refractivity contribution in [3.8, 4) is 0 Å². The highest BCUT2D eigenvalue weighted by Crippen LogP contribution is 2.19. The molecule has 2 amide bonds. The number of hydrogen-bond acceptors (Lipinski definition) is 5. The van der Waals surface area contributed by atoms with Crippen molar-refractivity contribution in [3.05, 3.63) is 0 Å². The summed E-state index contributed by atoms with van der Waals surface area (Å²) in [5.74, 6) is -0.634. The van der Waals surface area contributed by atoms with Crippen molar-refractivity contribution in [2.75, 3.05) is 25.4 Å². The zero-order valence-corrected chi connectivity index (χ0v) is 16.8. The summed E-state index contributed by atoms with van der Waals surface area (Å²) >= 11 is 0. The van der Waals surface area contributed by atoms with Crippen LogP contribution in [0.3, 0.4) is 0 Å². The fourth-order valence-corrected chi connectivity index (χ4v) is 3.60. The van der Waals surface area contributed by atoms with Crippen molar-refractivity contribution in [3.63, 3.8) is 0 Å². The van der Waals surface area contributed by atoms with Crippen LogP contribution in [0.4, 0.5) is 0 Å². The van der Waals surface area contributed by atoms with Gasteiger partial charge in [-0.2, -0.15) is 0 Å². The van der Waals surface area contributed by atoms with Crippen molar-refractivity contribution in [2.45, 2.75) is 52.1 Å². The van der Waals surface area contributed by atoms with E-state index in [0.29, 0.717) is 13.1 Å². The number of likely N-dealkylation sites (tertiary alicyclic amines) is 1. The van der Waals surface area contributed by atoms with Crippen LogP contribution in [-0.4, -0.2) is 62.6 Å². The van der Waals surface area contributed by atoms with E-state index >= 15 is 0 Å². The second-order valence-electron chi connectivity index (χ2n) is 6.71. The number of sulfonamides is 1. The standard InChI is InChI=1S/C15H30N4O4S.ClH/c1-11(2)18-14(20)9-17-24(22,23)8-6-15(21)19-7-4-5-13(10-19)12(3)16;/h11-13,17H,4-10,16H2,1-3H3,(H,18,20);1H. The van der Waals surface area contributed by atoms with E-state index in [2.05, 4.69) is 10.0 Å². The second-order valence-corrected chi connectivity index (χ2v) is 8.64. The minimum Gasteiger partial charge on any atom is -0.353 e. The first-order valence-electron chi connectivity index (χ1n) is 8.40. The smallest absolute Gasteiger partial charge is 0.235 e. The van der Waals surface area contributed by atoms with Crippen LogP contribution in [0.2, 0.25) is 0 Å². The van der Waals surface area contributed by atoms with Gasteiger partial charge in [0.2, 0.25) is 21.8 Å². The Balaban J connectivity index is 0.00000576. The SMILES string of the molecule is CC(C)NC(=O)CNS(=O)(=O)CCC(=O)N1CCCC(C(C)N)C1.Cl. The van der Waals surface area contributed by atoms with Crippen molar-refractivity contribution in [2.24, 2.45) is 11.7 Å². The van der Waals surface area contributed by atoms with Gasteiger partial charge in [-0.3, -0.25) is 9.59 Å². The lowest BCUT2D eigenvalue weighted by Gasteiger charge is -2.34. The van der Waals surface area contributed by atoms with Gasteiger partial charge < -0.3 is 16.0 Å². The molecule has 2 unspecified atom stereocenters. The fraction of sp³-hybridized carbons (Fsp3) is 0.867. The summed E-state index contributed by atoms with van der Waals surface area (Å²) in [6.07, 6.45) is 1.79. The Morgan fingerprint density at radius 2 is 1.92 bits per heavy atom. The van der Waals surface area contributed by atoms with Crippen molar-refractivity contribution in [1.82, 2.24) is 14.9 Å². The van der Waals surface area contributed by atoms with Crippen molar-refractivity contribution < 1.29 is 18.0 Å². The zero-order chi connectivity index (χ0) is 18.3. The van der Waals surface area contributed by atoms with E-state index in [1.54, 1.807) is 18.7 Å². The maximum atomic E-state index is 12.2. The Morgan fingerprint density at radius 1 is 1.28 bits per heavy atom. The molecule has 4 N–H and O–H groups in total. The maximum Gasteiger partial charge on any atom is 0.235 e. The highest BCUT2D eigenvalue weighted by atomic mass is 35.5. The number of hydrogen-bond donors (Lipinski definition) is 3. The molecular formula is C15H31ClN4O4S. The summed E-state index contributed by atoms with van der Waals surface area (Å²) in [5.41, 5.74) is 5.89. The molecule has 0 aromatic carbocycles. The monoisotopic (exact) mass is 398 g/mol. The number of nitrogens with zero attached hydrogens (tertiary/aromatic N) is 1. The molecule has 1 aliphatic heterocycles. The normalized spacial score (nSPS) is 19.2. The third-order valence-electron chi connectivity index (χ3n) is 4.04. The zero-order valence-electron chi connectivity index (χ0n) is 15.2. The van der Waals surface area contributed by atoms with Crippen LogP contribution >= 0.6 is 12.4 Å². The quantitative estimate of drug-likeness (QED) is 0.524. The van der Waals surface area contributed by atoms with E-state index in [4.69, 9.17) is 5.73 Å². The summed E-state index contributed by atoms with van der Waals surface area (Å²) in [5, 5.41) is 2.59. The van der Waals surface area contributed by atoms with E-state index in [1.807, 2.05) is 6.92 Å². The number of carbonyl (C=O) groups excluding carboxylic acids is 2. The number of nitrogens with two attached hydrogens (primary N) is 1. The van der Waals surface area contributed by atoms with Gasteiger partial charge in [0.1, 0.15) is 0 Å². The molecule has 148 valence electrons. The molecule has 25 heavy (non-hydrogen) atoms. The topological polar surface area (TPSA) is 122 Å². The molecule has 8 nitrogen and oxygen atoms in total. The first-order valence-corrected chi connectivity index (χ1v) is 10.1. The number of carbonyl (C=O) groups is 2. The molecule has 0 radical (unpaired) electrons. The Labute approximate surface area is 156 Å². The molecule has 0 aromatic heterocycles. The third-order valence-corrected chi connectivity index (χ3v) is 5.37. The molecule has 1 heterocycles. The van der Waals surface area contributed by atoms with Gasteiger partial charge >= 0.3 is 0 Å². The van der Waals surface area contributed by atoms with Gasteiger partial charge in [-0.25, -0.2) is 13.1 Å². The molecule has 1 saturated heterocycles. The fourth-order valence-electron chi connectivity index (χ4n) is 2.67. The average molecular weight is 399 g/mol. The lowest BCUT2D eigenvalue weighted by Crippen LogP contribution is -2.46. The average Bonchev–Trinajstić information content (AvgIpc) is 2.50. The van der Waals surface area contributed by atoms with Gasteiger partial charge in [-0.1, -0.05) is 0 Å². The van der Waals surface area contributed by atoms with Crippen LogP contribution in [0.15, 0.2) is 0 Å². The van der Waals surface area contributed by atoms with Crippen LogP contribution in [-0.2, 0) is 19.6 Å². The number of rotatable bonds is 8. The first-order chi connectivity index (χ1) is 11.1. The Morgan fingerprint density at radius 3 is 2.48 bits per heavy atom. The number of halogens is 1. The van der Waals surface area contributed by atoms with Gasteiger partial charge in [0.15, 0.2) is 0 Å². The minimum atomic E-state index is -3.66. The van der Waals surface area contributed by atoms with E-state index < -0.39 is 15.9 Å². The second kappa shape index (κ2) is 10.9. The highest BCUT2D eigenvalue weighted by Gasteiger charge is 2.26. The van der Waals surface area contributed by atoms with Crippen LogP contribution < -0.4 is 15.8 Å². The minimum absolute atomic E-state index is 0. The van der Waals surface area contributed by atoms with Gasteiger partial charge in [0, 0.05) is 31.6 Å². The Hall–Kier alpha value is -0.900. The predicted octanol–water partition coefficient (Wildman–Crippen LogP) is -0.172. The summed E-state index contributed by atoms with van der Waals surface area (Å²) in [4.78, 5) is 25.4. The largest absolute Gasteiger partial charge is 0.353 e. The molecule has 0 aromatic rings. The number of nitrogens with one attached hydrogen (secondary N) is 2. The van der Waals surface area contributed by atoms with Crippen LogP contribution in [0.25, 0.3) is 0 Å². The molecular weight excluding hydrogens is 368 g/mol. The van der Waals surface area contributed by atoms with Crippen LogP contribution in [0, 0.1) is 5.92 Å². The molecule has 0 aliphatic carbocycles. The molecule has 0 saturated carbocycles. The van der Waals surface area contributed by atoms with E-state index in [-0.39, 0.29) is 55.0 Å². The van der Waals surface area contributed by atoms with E-state index in [0.717, 1.165) is 12.8 Å². The lowest BCUT2D eigenvalue weighted by molar-refractivity contribution is -0.132. The van der Waals surface area contributed by atoms with E-state index in [9.17, 15) is 18.0 Å². The first kappa shape index (κ1) is 24.1. The molecule has 10 heteroatoms. The summed E-state index contributed by atoms with van der Waals surface area (Å²) in [7, 11) is -3.66. The lowest BCUT2D eigenvalue weighted by atomic mass is 9.92. The summed E-state index contributed by atoms with van der Waals surface area (Å²) in [6, 6.07) is -0.0361. The highest BCUT2D eigenvalue weighted by molar-refractivity contribution is 7.89. The maximum absolute atomic E-state index is 12.2. The summed E-state index contributed by atoms with van der Waals surface area (Å²) < 4.78 is 26.0. The van der Waals surface area contributed by atoms with Gasteiger partial charge in [-0.15, -0.1) is 12.4 Å². The van der Waals surface area contributed by atoms with Gasteiger partial charge in [0.25, 0.3) is 0 Å². The van der Waals surface area contributed by atoms with E-state index in [1.165, 1.54) is 0 Å². The van der Waals surface area contributed by atoms with Crippen LogP contribution in [0.1, 0.15) is 40.0 Å². The molecule has 2 atom stereocenters. The number of amides is 2.